The highest BCUT2D eigenvalue weighted by atomic mass is 32.2. The number of carboxylic acids is 2. The third-order valence-corrected chi connectivity index (χ3v) is 10.5. The van der Waals surface area contributed by atoms with Crippen LogP contribution in [0.15, 0.2) is 82.7 Å². The number of rotatable bonds is 13. The average Bonchev–Trinajstić information content (AvgIpc) is 3.57. The number of nitrogens with one attached hydrogen (secondary N) is 1. The molecule has 1 fully saturated rings. The van der Waals surface area contributed by atoms with Crippen molar-refractivity contribution in [3.63, 3.8) is 0 Å². The molecule has 0 bridgehead atoms. The minimum absolute atomic E-state index is 0.0209. The van der Waals surface area contributed by atoms with Crippen LogP contribution in [0.25, 0.3) is 16.8 Å². The standard InChI is InChI=1S/C36H34N6O9S2/c1-36(2,34(47)48)51-40-27(24-18-53-35(37)38-24)30(43)39-28-31(44)42-29(33(45)46)22(17-52-32(28)42)10-9-19-5-7-20(8-6-19)15-41-12-11-21-13-25(49-3)26(50-4)14-23(21)16-41/h5-14,16,18,28,32H,15,17H2,1-4H3,(H4-,37,38,39,43,45,46,47,48)/p+1/b10-9+,40-27-. The lowest BCUT2D eigenvalue weighted by Crippen LogP contribution is -2.71. The van der Waals surface area contributed by atoms with E-state index < -0.39 is 40.8 Å². The SMILES string of the molecule is COc1cc2cc[n+](Cc3ccc(/C=C/C4=C(C(=O)O)N5C(=O)C(NC(=O)/C(=N\OC(C)(C)C(=O)O)c6csc(N)n6)C5SC4)cc3)cc2cc1OC. The van der Waals surface area contributed by atoms with E-state index in [0.29, 0.717) is 23.6 Å². The van der Waals surface area contributed by atoms with Crippen molar-refractivity contribution in [2.75, 3.05) is 25.7 Å². The number of amides is 2. The van der Waals surface area contributed by atoms with Gasteiger partial charge in [0.1, 0.15) is 22.8 Å². The molecule has 17 heteroatoms. The second-order valence-electron chi connectivity index (χ2n) is 12.5. The summed E-state index contributed by atoms with van der Waals surface area (Å²) in [7, 11) is 3.20. The Balaban J connectivity index is 1.14. The van der Waals surface area contributed by atoms with Gasteiger partial charge >= 0.3 is 11.9 Å². The molecule has 5 N–H and O–H groups in total. The Kier molecular flexibility index (Phi) is 10.4. The topological polar surface area (TPSA) is 207 Å². The zero-order valence-corrected chi connectivity index (χ0v) is 30.6. The molecule has 4 aromatic rings. The molecule has 4 heterocycles. The highest BCUT2D eigenvalue weighted by molar-refractivity contribution is 8.00. The zero-order valence-electron chi connectivity index (χ0n) is 28.9. The highest BCUT2D eigenvalue weighted by Crippen LogP contribution is 2.41. The van der Waals surface area contributed by atoms with Gasteiger partial charge in [-0.15, -0.1) is 23.1 Å². The molecular weight excluding hydrogens is 725 g/mol. The first-order chi connectivity index (χ1) is 25.3. The number of nitrogens with zero attached hydrogens (tertiary/aromatic N) is 4. The summed E-state index contributed by atoms with van der Waals surface area (Å²) >= 11 is 2.32. The number of carbonyl (C=O) groups is 4. The van der Waals surface area contributed by atoms with Gasteiger partial charge < -0.3 is 35.6 Å². The van der Waals surface area contributed by atoms with Gasteiger partial charge in [-0.05, 0) is 42.5 Å². The van der Waals surface area contributed by atoms with E-state index in [2.05, 4.69) is 20.0 Å². The molecule has 15 nitrogen and oxygen atoms in total. The van der Waals surface area contributed by atoms with Crippen LogP contribution in [0.1, 0.15) is 30.7 Å². The van der Waals surface area contributed by atoms with Crippen molar-refractivity contribution in [2.45, 2.75) is 37.4 Å². The number of fused-ring (bicyclic) bond motifs is 2. The van der Waals surface area contributed by atoms with Gasteiger partial charge in [-0.1, -0.05) is 41.6 Å². The third-order valence-electron chi connectivity index (χ3n) is 8.51. The number of benzene rings is 2. The number of thiazole rings is 1. The fraction of sp³-hybridized carbons (Fsp3) is 0.250. The summed E-state index contributed by atoms with van der Waals surface area (Å²) in [4.78, 5) is 61.0. The van der Waals surface area contributed by atoms with Crippen LogP contribution in [-0.4, -0.2) is 86.6 Å². The van der Waals surface area contributed by atoms with E-state index >= 15 is 0 Å². The molecule has 2 aliphatic rings. The maximum absolute atomic E-state index is 13.4. The number of aromatic nitrogens is 2. The van der Waals surface area contributed by atoms with Gasteiger partial charge in [-0.25, -0.2) is 19.1 Å². The molecule has 2 aliphatic heterocycles. The number of hydrogen-bond donors (Lipinski definition) is 4. The summed E-state index contributed by atoms with van der Waals surface area (Å²) in [5.41, 5.74) is 5.73. The molecule has 0 radical (unpaired) electrons. The van der Waals surface area contributed by atoms with Crippen molar-refractivity contribution < 1.29 is 48.3 Å². The Morgan fingerprint density at radius 3 is 2.42 bits per heavy atom. The molecule has 2 aromatic heterocycles. The van der Waals surface area contributed by atoms with Crippen LogP contribution >= 0.6 is 23.1 Å². The number of hydrogen-bond acceptors (Lipinski definition) is 12. The highest BCUT2D eigenvalue weighted by Gasteiger charge is 2.54. The number of methoxy groups -OCH3 is 2. The fourth-order valence-corrected chi connectivity index (χ4v) is 7.45. The maximum Gasteiger partial charge on any atom is 0.352 e. The van der Waals surface area contributed by atoms with E-state index in [-0.39, 0.29) is 28.0 Å². The number of thioether (sulfide) groups is 1. The van der Waals surface area contributed by atoms with Crippen molar-refractivity contribution in [3.8, 4) is 11.5 Å². The molecule has 274 valence electrons. The van der Waals surface area contributed by atoms with E-state index in [1.54, 1.807) is 26.4 Å². The van der Waals surface area contributed by atoms with Crippen molar-refractivity contribution in [1.29, 1.82) is 0 Å². The summed E-state index contributed by atoms with van der Waals surface area (Å²) in [6.07, 6.45) is 7.49. The van der Waals surface area contributed by atoms with Crippen molar-refractivity contribution >= 4 is 74.5 Å². The summed E-state index contributed by atoms with van der Waals surface area (Å²) < 4.78 is 12.9. The number of pyridine rings is 1. The Bertz CT molecular complexity index is 2210. The number of nitrogens with two attached hydrogens (primary N) is 1. The monoisotopic (exact) mass is 759 g/mol. The number of carboxylic acid groups (broad SMARTS) is 2. The lowest BCUT2D eigenvalue weighted by Gasteiger charge is -2.49. The summed E-state index contributed by atoms with van der Waals surface area (Å²) in [6.45, 7) is 3.12. The Morgan fingerprint density at radius 2 is 1.79 bits per heavy atom. The van der Waals surface area contributed by atoms with Gasteiger partial charge in [-0.3, -0.25) is 14.5 Å². The largest absolute Gasteiger partial charge is 0.493 e. The number of aliphatic carboxylic acids is 2. The van der Waals surface area contributed by atoms with Crippen LogP contribution in [0.2, 0.25) is 0 Å². The zero-order chi connectivity index (χ0) is 38.0. The van der Waals surface area contributed by atoms with Gasteiger partial charge in [0.2, 0.25) is 5.60 Å². The first kappa shape index (κ1) is 36.8. The van der Waals surface area contributed by atoms with Gasteiger partial charge in [0.25, 0.3) is 11.8 Å². The van der Waals surface area contributed by atoms with Crippen LogP contribution in [0.3, 0.4) is 0 Å². The van der Waals surface area contributed by atoms with Crippen LogP contribution in [0.5, 0.6) is 11.5 Å². The molecule has 6 rings (SSSR count). The minimum Gasteiger partial charge on any atom is -0.493 e. The van der Waals surface area contributed by atoms with Crippen molar-refractivity contribution in [1.82, 2.24) is 15.2 Å². The predicted octanol–water partition coefficient (Wildman–Crippen LogP) is 3.27. The average molecular weight is 760 g/mol. The minimum atomic E-state index is -1.77. The van der Waals surface area contributed by atoms with E-state index in [1.807, 2.05) is 54.9 Å². The van der Waals surface area contributed by atoms with E-state index in [9.17, 15) is 29.4 Å². The van der Waals surface area contributed by atoms with Gasteiger partial charge in [0.15, 0.2) is 41.3 Å². The van der Waals surface area contributed by atoms with E-state index in [1.165, 1.54) is 31.0 Å². The first-order valence-corrected chi connectivity index (χ1v) is 18.0. The third kappa shape index (κ3) is 7.66. The smallest absolute Gasteiger partial charge is 0.352 e. The second kappa shape index (κ2) is 15.0. The number of nitrogen functional groups attached to an aromatic ring is 1. The quantitative estimate of drug-likeness (QED) is 0.0671. The summed E-state index contributed by atoms with van der Waals surface area (Å²) in [5, 5.41) is 28.7. The van der Waals surface area contributed by atoms with Gasteiger partial charge in [-0.2, -0.15) is 0 Å². The summed E-state index contributed by atoms with van der Waals surface area (Å²) in [5.74, 6) is -2.54. The Hall–Kier alpha value is -5.94. The molecule has 0 aliphatic carbocycles. The lowest BCUT2D eigenvalue weighted by molar-refractivity contribution is -0.687. The van der Waals surface area contributed by atoms with E-state index in [4.69, 9.17) is 20.0 Å². The number of oxime groups is 1. The Morgan fingerprint density at radius 1 is 1.09 bits per heavy atom. The van der Waals surface area contributed by atoms with Crippen LogP contribution < -0.4 is 25.1 Å². The lowest BCUT2D eigenvalue weighted by atomic mass is 10.0. The molecule has 2 amide bonds. The number of ether oxygens (including phenoxy) is 2. The molecule has 2 unspecified atom stereocenters. The molecule has 2 aromatic carbocycles. The summed E-state index contributed by atoms with van der Waals surface area (Å²) in [6, 6.07) is 12.6. The molecule has 1 saturated heterocycles. The van der Waals surface area contributed by atoms with Crippen molar-refractivity contribution in [3.05, 3.63) is 94.4 Å². The molecule has 2 atom stereocenters. The van der Waals surface area contributed by atoms with E-state index in [0.717, 1.165) is 38.1 Å². The Labute approximate surface area is 311 Å². The second-order valence-corrected chi connectivity index (χ2v) is 14.5. The van der Waals surface area contributed by atoms with Crippen LogP contribution in [-0.2, 0) is 30.6 Å². The maximum atomic E-state index is 13.4. The molecule has 53 heavy (non-hydrogen) atoms. The molecular formula is C36H35N6O9S2+. The first-order valence-electron chi connectivity index (χ1n) is 16.0. The predicted molar refractivity (Wildman–Crippen MR) is 197 cm³/mol. The van der Waals surface area contributed by atoms with Crippen LogP contribution in [0, 0.1) is 0 Å². The fourth-order valence-electron chi connectivity index (χ4n) is 5.58. The van der Waals surface area contributed by atoms with Crippen LogP contribution in [0.4, 0.5) is 5.13 Å². The van der Waals surface area contributed by atoms with Gasteiger partial charge in [0, 0.05) is 28.1 Å². The molecule has 0 spiro atoms. The number of carbonyl (C=O) groups excluding carboxylic acids is 2. The number of β-lactam (4-membered cyclic amide) rings is 1. The normalized spacial score (nSPS) is 17.4. The van der Waals surface area contributed by atoms with Gasteiger partial charge in [0.05, 0.1) is 14.2 Å². The van der Waals surface area contributed by atoms with Crippen molar-refractivity contribution in [2.24, 2.45) is 5.16 Å². The number of anilines is 1. The number of allylic oxidation sites excluding steroid dienone is 1. The molecule has 0 saturated carbocycles.